The van der Waals surface area contributed by atoms with Gasteiger partial charge in [0.1, 0.15) is 17.4 Å². The number of methoxy groups -OCH3 is 1. The Bertz CT molecular complexity index is 934. The lowest BCUT2D eigenvalue weighted by atomic mass is 10.1. The van der Waals surface area contributed by atoms with Crippen molar-refractivity contribution >= 4 is 22.8 Å². The van der Waals surface area contributed by atoms with Crippen LogP contribution in [-0.4, -0.2) is 32.9 Å². The van der Waals surface area contributed by atoms with Gasteiger partial charge in [-0.1, -0.05) is 0 Å². The van der Waals surface area contributed by atoms with E-state index in [1.807, 2.05) is 0 Å². The van der Waals surface area contributed by atoms with Crippen LogP contribution in [0.4, 0.5) is 16.2 Å². The van der Waals surface area contributed by atoms with Crippen LogP contribution in [0, 0.1) is 5.82 Å². The summed E-state index contributed by atoms with van der Waals surface area (Å²) in [7, 11) is 3.22. The van der Waals surface area contributed by atoms with E-state index < -0.39 is 5.82 Å². The van der Waals surface area contributed by atoms with Crippen molar-refractivity contribution < 1.29 is 9.13 Å². The Labute approximate surface area is 137 Å². The molecule has 0 bridgehead atoms. The van der Waals surface area contributed by atoms with Gasteiger partial charge < -0.3 is 15.8 Å². The molecule has 0 saturated heterocycles. The number of rotatable bonds is 4. The van der Waals surface area contributed by atoms with Crippen molar-refractivity contribution in [2.45, 2.75) is 18.9 Å². The highest BCUT2D eigenvalue weighted by Gasteiger charge is 2.24. The largest absolute Gasteiger partial charge is 0.497 e. The molecule has 1 aliphatic rings. The van der Waals surface area contributed by atoms with E-state index in [-0.39, 0.29) is 0 Å². The maximum Gasteiger partial charge on any atom is 0.225 e. The van der Waals surface area contributed by atoms with Crippen LogP contribution in [0.1, 0.15) is 12.8 Å². The zero-order valence-electron chi connectivity index (χ0n) is 13.4. The number of anilines is 2. The summed E-state index contributed by atoms with van der Waals surface area (Å²) in [4.78, 5) is 8.91. The normalized spacial score (nSPS) is 14.1. The van der Waals surface area contributed by atoms with Crippen molar-refractivity contribution in [3.05, 3.63) is 24.0 Å². The van der Waals surface area contributed by atoms with Crippen LogP contribution < -0.4 is 15.8 Å². The molecule has 0 unspecified atom stereocenters. The number of nitrogens with zero attached hydrogens (tertiary/aromatic N) is 4. The van der Waals surface area contributed by atoms with Crippen molar-refractivity contribution in [2.75, 3.05) is 18.2 Å². The molecule has 1 aromatic carbocycles. The fraction of sp³-hybridized carbons (Fsp3) is 0.312. The number of nitrogen functional groups attached to an aromatic ring is 1. The Morgan fingerprint density at radius 3 is 2.79 bits per heavy atom. The first-order chi connectivity index (χ1) is 11.6. The van der Waals surface area contributed by atoms with E-state index in [0.717, 1.165) is 12.8 Å². The molecule has 1 saturated carbocycles. The van der Waals surface area contributed by atoms with Crippen molar-refractivity contribution in [3.8, 4) is 17.0 Å². The van der Waals surface area contributed by atoms with Crippen molar-refractivity contribution in [1.82, 2.24) is 19.7 Å². The number of nitrogens with two attached hydrogens (primary N) is 1. The molecule has 24 heavy (non-hydrogen) atoms. The first-order valence-electron chi connectivity index (χ1n) is 7.67. The van der Waals surface area contributed by atoms with Gasteiger partial charge in [0.2, 0.25) is 5.95 Å². The summed E-state index contributed by atoms with van der Waals surface area (Å²) in [6.45, 7) is 0. The lowest BCUT2D eigenvalue weighted by Crippen LogP contribution is -2.07. The zero-order valence-corrected chi connectivity index (χ0v) is 13.4. The van der Waals surface area contributed by atoms with E-state index in [9.17, 15) is 4.39 Å². The van der Waals surface area contributed by atoms with Gasteiger partial charge >= 0.3 is 0 Å². The van der Waals surface area contributed by atoms with Gasteiger partial charge in [-0.05, 0) is 25.0 Å². The number of fused-ring (bicyclic) bond motifs is 1. The van der Waals surface area contributed by atoms with Crippen LogP contribution in [0.2, 0.25) is 0 Å². The minimum absolute atomic E-state index is 0.335. The summed E-state index contributed by atoms with van der Waals surface area (Å²) in [5.41, 5.74) is 7.30. The van der Waals surface area contributed by atoms with Gasteiger partial charge in [0, 0.05) is 24.7 Å². The summed E-state index contributed by atoms with van der Waals surface area (Å²) >= 11 is 0. The Kier molecular flexibility index (Phi) is 3.26. The maximum atomic E-state index is 14.6. The number of nitrogens with one attached hydrogen (secondary N) is 1. The molecule has 1 fully saturated rings. The van der Waals surface area contributed by atoms with E-state index >= 15 is 0 Å². The molecule has 2 heterocycles. The topological polar surface area (TPSA) is 90.9 Å². The quantitative estimate of drug-likeness (QED) is 0.764. The highest BCUT2D eigenvalue weighted by atomic mass is 19.1. The van der Waals surface area contributed by atoms with Gasteiger partial charge in [0.15, 0.2) is 5.65 Å². The molecule has 8 heteroatoms. The predicted octanol–water partition coefficient (Wildman–Crippen LogP) is 2.33. The number of halogens is 1. The van der Waals surface area contributed by atoms with Gasteiger partial charge in [0.25, 0.3) is 0 Å². The molecule has 7 nitrogen and oxygen atoms in total. The second-order valence-corrected chi connectivity index (χ2v) is 5.87. The standard InChI is InChI=1S/C16H17FN6O/c1-23-14(18)12-13(10-6-5-9(24-2)7-11(10)17)20-16(19-8-3-4-8)21-15(12)22-23/h5-8H,3-4,18H2,1-2H3,(H,19,21,22). The molecule has 4 rings (SSSR count). The fourth-order valence-electron chi connectivity index (χ4n) is 2.60. The third-order valence-corrected chi connectivity index (χ3v) is 4.08. The first-order valence-corrected chi connectivity index (χ1v) is 7.67. The van der Waals surface area contributed by atoms with E-state index in [2.05, 4.69) is 20.4 Å². The lowest BCUT2D eigenvalue weighted by molar-refractivity contribution is 0.411. The summed E-state index contributed by atoms with van der Waals surface area (Å²) in [6.07, 6.45) is 2.16. The van der Waals surface area contributed by atoms with Gasteiger partial charge in [-0.15, -0.1) is 0 Å². The van der Waals surface area contributed by atoms with Crippen molar-refractivity contribution in [1.29, 1.82) is 0 Å². The maximum absolute atomic E-state index is 14.6. The zero-order chi connectivity index (χ0) is 16.8. The van der Waals surface area contributed by atoms with E-state index in [4.69, 9.17) is 10.5 Å². The molecule has 0 aliphatic heterocycles. The van der Waals surface area contributed by atoms with Crippen molar-refractivity contribution in [2.24, 2.45) is 7.05 Å². The molecule has 3 N–H and O–H groups in total. The Morgan fingerprint density at radius 2 is 2.12 bits per heavy atom. The van der Waals surface area contributed by atoms with Crippen molar-refractivity contribution in [3.63, 3.8) is 0 Å². The number of hydrogen-bond donors (Lipinski definition) is 2. The van der Waals surface area contributed by atoms with Crippen LogP contribution in [0.5, 0.6) is 5.75 Å². The third kappa shape index (κ3) is 2.40. The van der Waals surface area contributed by atoms with E-state index in [1.165, 1.54) is 17.9 Å². The van der Waals surface area contributed by atoms with Crippen LogP contribution in [0.3, 0.4) is 0 Å². The number of hydrogen-bond acceptors (Lipinski definition) is 6. The molecule has 0 radical (unpaired) electrons. The third-order valence-electron chi connectivity index (χ3n) is 4.08. The Hall–Kier alpha value is -2.90. The number of benzene rings is 1. The summed E-state index contributed by atoms with van der Waals surface area (Å²) in [6, 6.07) is 5.01. The molecule has 3 aromatic rings. The molecule has 2 aromatic heterocycles. The molecule has 124 valence electrons. The molecular weight excluding hydrogens is 311 g/mol. The highest BCUT2D eigenvalue weighted by molar-refractivity contribution is 5.99. The second kappa shape index (κ2) is 5.33. The van der Waals surface area contributed by atoms with Crippen LogP contribution in [-0.2, 0) is 7.05 Å². The smallest absolute Gasteiger partial charge is 0.225 e. The number of ether oxygens (including phenoxy) is 1. The summed E-state index contributed by atoms with van der Waals surface area (Å²) in [5.74, 6) is 0.841. The van der Waals surface area contributed by atoms with Crippen LogP contribution in [0.25, 0.3) is 22.3 Å². The second-order valence-electron chi connectivity index (χ2n) is 5.87. The van der Waals surface area contributed by atoms with Gasteiger partial charge in [0.05, 0.1) is 18.2 Å². The SMILES string of the molecule is COc1ccc(-c2nc(NC3CC3)nc3nn(C)c(N)c23)c(F)c1. The minimum Gasteiger partial charge on any atom is -0.497 e. The highest BCUT2D eigenvalue weighted by Crippen LogP contribution is 2.34. The molecule has 0 atom stereocenters. The molecule has 0 spiro atoms. The van der Waals surface area contributed by atoms with E-state index in [1.54, 1.807) is 19.2 Å². The lowest BCUT2D eigenvalue weighted by Gasteiger charge is -2.09. The monoisotopic (exact) mass is 328 g/mol. The van der Waals surface area contributed by atoms with Crippen LogP contribution in [0.15, 0.2) is 18.2 Å². The Morgan fingerprint density at radius 1 is 1.33 bits per heavy atom. The van der Waals surface area contributed by atoms with Gasteiger partial charge in [-0.2, -0.15) is 10.1 Å². The Balaban J connectivity index is 1.94. The molecule has 1 aliphatic carbocycles. The summed E-state index contributed by atoms with van der Waals surface area (Å²) < 4.78 is 21.1. The average Bonchev–Trinajstić information content (AvgIpc) is 3.32. The van der Waals surface area contributed by atoms with Crippen LogP contribution >= 0.6 is 0 Å². The fourth-order valence-corrected chi connectivity index (χ4v) is 2.60. The van der Waals surface area contributed by atoms with Gasteiger partial charge in [-0.3, -0.25) is 4.68 Å². The first kappa shape index (κ1) is 14.7. The number of aryl methyl sites for hydroxylation is 1. The van der Waals surface area contributed by atoms with E-state index in [0.29, 0.717) is 45.8 Å². The molecular formula is C16H17FN6O. The molecule has 0 amide bonds. The number of aromatic nitrogens is 4. The summed E-state index contributed by atoms with van der Waals surface area (Å²) in [5, 5.41) is 8.08. The predicted molar refractivity (Wildman–Crippen MR) is 89.3 cm³/mol. The van der Waals surface area contributed by atoms with Gasteiger partial charge in [-0.25, -0.2) is 9.37 Å². The average molecular weight is 328 g/mol. The minimum atomic E-state index is -0.435.